The molecule has 6 nitrogen and oxygen atoms in total. The fourth-order valence-corrected chi connectivity index (χ4v) is 2.77. The van der Waals surface area contributed by atoms with Crippen molar-refractivity contribution in [1.29, 1.82) is 0 Å². The number of carbonyl (C=O) groups excluding carboxylic acids is 3. The molecule has 1 aromatic heterocycles. The molecule has 2 rings (SSSR count). The Hall–Kier alpha value is -2.54. The number of anilines is 1. The first-order valence-electron chi connectivity index (χ1n) is 6.41. The molecule has 0 atom stereocenters. The van der Waals surface area contributed by atoms with Gasteiger partial charge in [0.05, 0.1) is 28.8 Å². The van der Waals surface area contributed by atoms with Gasteiger partial charge in [0.2, 0.25) is 0 Å². The van der Waals surface area contributed by atoms with Gasteiger partial charge in [0, 0.05) is 6.92 Å². The number of Topliss-reactive ketones (excluding diaryl/α,β-unsaturated/α-hetero) is 1. The highest BCUT2D eigenvalue weighted by atomic mass is 32.1. The second-order valence-electron chi connectivity index (χ2n) is 4.48. The normalized spacial score (nSPS) is 10.1. The van der Waals surface area contributed by atoms with Gasteiger partial charge < -0.3 is 4.74 Å². The molecule has 2 aromatic rings. The Labute approximate surface area is 131 Å². The second-order valence-corrected chi connectivity index (χ2v) is 5.48. The Bertz CT molecular complexity index is 752. The van der Waals surface area contributed by atoms with Gasteiger partial charge in [-0.05, 0) is 19.1 Å². The van der Waals surface area contributed by atoms with Crippen molar-refractivity contribution in [2.75, 3.05) is 12.4 Å². The first kappa shape index (κ1) is 15.8. The van der Waals surface area contributed by atoms with Crippen molar-refractivity contribution < 1.29 is 19.1 Å². The molecule has 0 aliphatic carbocycles. The molecule has 1 heterocycles. The number of aromatic nitrogens is 1. The van der Waals surface area contributed by atoms with Crippen LogP contribution in [-0.2, 0) is 4.74 Å². The molecular weight excluding hydrogens is 304 g/mol. The summed E-state index contributed by atoms with van der Waals surface area (Å²) in [6.07, 6.45) is 0. The summed E-state index contributed by atoms with van der Waals surface area (Å²) in [5.41, 5.74) is 0.920. The molecule has 0 aliphatic heterocycles. The maximum atomic E-state index is 12.3. The van der Waals surface area contributed by atoms with Crippen molar-refractivity contribution in [2.45, 2.75) is 13.8 Å². The van der Waals surface area contributed by atoms with E-state index in [1.165, 1.54) is 26.2 Å². The number of carbonyl (C=O) groups is 3. The number of aryl methyl sites for hydroxylation is 1. The van der Waals surface area contributed by atoms with Crippen LogP contribution < -0.4 is 5.32 Å². The number of rotatable bonds is 4. The summed E-state index contributed by atoms with van der Waals surface area (Å²) < 4.78 is 4.66. The Balaban J connectivity index is 2.28. The molecule has 1 amide bonds. The fraction of sp³-hybridized carbons (Fsp3) is 0.200. The van der Waals surface area contributed by atoms with Crippen LogP contribution in [0.25, 0.3) is 0 Å². The van der Waals surface area contributed by atoms with Crippen LogP contribution in [-0.4, -0.2) is 29.8 Å². The molecule has 0 saturated carbocycles. The summed E-state index contributed by atoms with van der Waals surface area (Å²) in [4.78, 5) is 40.0. The second kappa shape index (κ2) is 6.48. The number of nitrogens with one attached hydrogen (secondary N) is 1. The molecule has 22 heavy (non-hydrogen) atoms. The number of thiazole rings is 1. The van der Waals surface area contributed by atoms with E-state index >= 15 is 0 Å². The molecule has 0 fully saturated rings. The van der Waals surface area contributed by atoms with Gasteiger partial charge in [-0.2, -0.15) is 0 Å². The highest BCUT2D eigenvalue weighted by Crippen LogP contribution is 2.24. The lowest BCUT2D eigenvalue weighted by Gasteiger charge is -2.06. The number of methoxy groups -OCH3 is 1. The molecule has 0 radical (unpaired) electrons. The molecule has 0 bridgehead atoms. The van der Waals surface area contributed by atoms with E-state index in [1.54, 1.807) is 19.1 Å². The highest BCUT2D eigenvalue weighted by molar-refractivity contribution is 7.17. The monoisotopic (exact) mass is 318 g/mol. The largest absolute Gasteiger partial charge is 0.465 e. The Kier molecular flexibility index (Phi) is 4.67. The first-order chi connectivity index (χ1) is 10.4. The molecule has 0 unspecified atom stereocenters. The third-order valence-corrected chi connectivity index (χ3v) is 4.09. The zero-order chi connectivity index (χ0) is 16.3. The van der Waals surface area contributed by atoms with Crippen molar-refractivity contribution in [3.63, 3.8) is 0 Å². The van der Waals surface area contributed by atoms with Crippen molar-refractivity contribution in [1.82, 2.24) is 4.98 Å². The van der Waals surface area contributed by atoms with Gasteiger partial charge in [0.15, 0.2) is 10.9 Å². The predicted molar refractivity (Wildman–Crippen MR) is 82.6 cm³/mol. The molecule has 0 aliphatic rings. The van der Waals surface area contributed by atoms with E-state index in [-0.39, 0.29) is 16.9 Å². The number of nitrogens with zero attached hydrogens (tertiary/aromatic N) is 1. The summed E-state index contributed by atoms with van der Waals surface area (Å²) in [5, 5.41) is 2.91. The Morgan fingerprint density at radius 2 is 1.82 bits per heavy atom. The first-order valence-corrected chi connectivity index (χ1v) is 7.22. The molecular formula is C15H14N2O4S. The lowest BCUT2D eigenvalue weighted by molar-refractivity contribution is 0.0597. The van der Waals surface area contributed by atoms with E-state index in [4.69, 9.17) is 0 Å². The number of hydrogen-bond acceptors (Lipinski definition) is 6. The zero-order valence-corrected chi connectivity index (χ0v) is 13.1. The minimum Gasteiger partial charge on any atom is -0.465 e. The van der Waals surface area contributed by atoms with Crippen LogP contribution in [0.15, 0.2) is 24.3 Å². The summed E-state index contributed by atoms with van der Waals surface area (Å²) in [6, 6.07) is 6.32. The van der Waals surface area contributed by atoms with E-state index in [0.717, 1.165) is 11.3 Å². The van der Waals surface area contributed by atoms with Crippen LogP contribution in [0.5, 0.6) is 0 Å². The quantitative estimate of drug-likeness (QED) is 0.692. The fourth-order valence-electron chi connectivity index (χ4n) is 1.91. The van der Waals surface area contributed by atoms with Crippen LogP contribution in [0, 0.1) is 6.92 Å². The number of ketones is 1. The van der Waals surface area contributed by atoms with Gasteiger partial charge in [-0.1, -0.05) is 23.5 Å². The van der Waals surface area contributed by atoms with Crippen molar-refractivity contribution in [3.8, 4) is 0 Å². The smallest absolute Gasteiger partial charge is 0.338 e. The standard InChI is InChI=1S/C15H14N2O4S/c1-8-12(9(2)18)22-15(16-8)17-13(19)10-6-4-5-7-11(10)14(20)21-3/h4-7H,1-3H3,(H,16,17,19). The Morgan fingerprint density at radius 1 is 1.18 bits per heavy atom. The van der Waals surface area contributed by atoms with E-state index in [1.807, 2.05) is 0 Å². The van der Waals surface area contributed by atoms with Crippen LogP contribution in [0.2, 0.25) is 0 Å². The van der Waals surface area contributed by atoms with E-state index in [9.17, 15) is 14.4 Å². The number of amides is 1. The number of benzene rings is 1. The average Bonchev–Trinajstić information content (AvgIpc) is 2.87. The SMILES string of the molecule is COC(=O)c1ccccc1C(=O)Nc1nc(C)c(C(C)=O)s1. The van der Waals surface area contributed by atoms with E-state index < -0.39 is 11.9 Å². The maximum Gasteiger partial charge on any atom is 0.338 e. The van der Waals surface area contributed by atoms with Gasteiger partial charge in [-0.3, -0.25) is 14.9 Å². The summed E-state index contributed by atoms with van der Waals surface area (Å²) in [5.74, 6) is -1.18. The Morgan fingerprint density at radius 3 is 2.36 bits per heavy atom. The summed E-state index contributed by atoms with van der Waals surface area (Å²) in [7, 11) is 1.25. The van der Waals surface area contributed by atoms with Gasteiger partial charge in [0.25, 0.3) is 5.91 Å². The third kappa shape index (κ3) is 3.20. The molecule has 0 spiro atoms. The van der Waals surface area contributed by atoms with Gasteiger partial charge in [0.1, 0.15) is 0 Å². The van der Waals surface area contributed by atoms with Gasteiger partial charge in [-0.15, -0.1) is 0 Å². The van der Waals surface area contributed by atoms with Crippen molar-refractivity contribution >= 4 is 34.1 Å². The van der Waals surface area contributed by atoms with Gasteiger partial charge >= 0.3 is 5.97 Å². The lowest BCUT2D eigenvalue weighted by atomic mass is 10.1. The molecule has 0 saturated heterocycles. The van der Waals surface area contributed by atoms with Crippen LogP contribution in [0.1, 0.15) is 43.0 Å². The average molecular weight is 318 g/mol. The van der Waals surface area contributed by atoms with Crippen LogP contribution in [0.4, 0.5) is 5.13 Å². The zero-order valence-electron chi connectivity index (χ0n) is 12.3. The predicted octanol–water partition coefficient (Wildman–Crippen LogP) is 2.69. The number of esters is 1. The number of ether oxygens (including phenoxy) is 1. The molecule has 114 valence electrons. The van der Waals surface area contributed by atoms with E-state index in [0.29, 0.717) is 15.7 Å². The highest BCUT2D eigenvalue weighted by Gasteiger charge is 2.19. The number of hydrogen-bond donors (Lipinski definition) is 1. The van der Waals surface area contributed by atoms with Crippen LogP contribution >= 0.6 is 11.3 Å². The van der Waals surface area contributed by atoms with E-state index in [2.05, 4.69) is 15.0 Å². The molecule has 1 N–H and O–H groups in total. The lowest BCUT2D eigenvalue weighted by Crippen LogP contribution is -2.17. The minimum atomic E-state index is -0.592. The molecule has 7 heteroatoms. The maximum absolute atomic E-state index is 12.3. The third-order valence-electron chi connectivity index (χ3n) is 2.91. The molecule has 1 aromatic carbocycles. The van der Waals surface area contributed by atoms with Crippen molar-refractivity contribution in [2.24, 2.45) is 0 Å². The summed E-state index contributed by atoms with van der Waals surface area (Å²) >= 11 is 1.10. The van der Waals surface area contributed by atoms with Crippen molar-refractivity contribution in [3.05, 3.63) is 46.0 Å². The topological polar surface area (TPSA) is 85.4 Å². The summed E-state index contributed by atoms with van der Waals surface area (Å²) in [6.45, 7) is 3.14. The van der Waals surface area contributed by atoms with Crippen LogP contribution in [0.3, 0.4) is 0 Å². The van der Waals surface area contributed by atoms with Gasteiger partial charge in [-0.25, -0.2) is 9.78 Å². The minimum absolute atomic E-state index is 0.106.